The molecule has 0 aromatic heterocycles. The van der Waals surface area contributed by atoms with E-state index in [4.69, 9.17) is 45.9 Å². The monoisotopic (exact) mass is 1880 g/mol. The van der Waals surface area contributed by atoms with Gasteiger partial charge in [0.2, 0.25) is 94.5 Å². The van der Waals surface area contributed by atoms with Gasteiger partial charge < -0.3 is 161 Å². The van der Waals surface area contributed by atoms with Crippen LogP contribution in [0.2, 0.25) is 0 Å². The second-order valence-corrected chi connectivity index (χ2v) is 33.8. The maximum Gasteiger partial charge on any atom is 0.326 e. The number of phenolic OH excluding ortho intramolecular Hbond substituents is 2. The Morgan fingerprint density at radius 1 is 0.485 bits per heavy atom. The number of aliphatic imine (C=N–C) groups is 1. The molecule has 50 heteroatoms. The van der Waals surface area contributed by atoms with Crippen LogP contribution in [0.3, 0.4) is 0 Å². The van der Waals surface area contributed by atoms with Gasteiger partial charge in [-0.2, -0.15) is 25.3 Å². The van der Waals surface area contributed by atoms with E-state index in [-0.39, 0.29) is 120 Å². The van der Waals surface area contributed by atoms with E-state index in [0.29, 0.717) is 18.4 Å². The summed E-state index contributed by atoms with van der Waals surface area (Å²) < 4.78 is -1.48. The maximum atomic E-state index is 14.7. The zero-order valence-electron chi connectivity index (χ0n) is 73.7. The highest BCUT2D eigenvalue weighted by molar-refractivity contribution is 7.81. The van der Waals surface area contributed by atoms with Crippen molar-refractivity contribution in [3.8, 4) is 11.5 Å². The predicted molar refractivity (Wildman–Crippen MR) is 477 cm³/mol. The number of carbonyl (C=O) groups excluding carboxylic acids is 16. The molecule has 19 atom stereocenters. The number of hydrogen-bond acceptors (Lipinski definition) is 31. The van der Waals surface area contributed by atoms with Crippen LogP contribution in [0.25, 0.3) is 0 Å². The van der Waals surface area contributed by atoms with Gasteiger partial charge in [-0.05, 0) is 146 Å². The zero-order valence-corrected chi connectivity index (χ0v) is 75.5. The van der Waals surface area contributed by atoms with Crippen molar-refractivity contribution in [1.82, 2.24) is 79.3 Å². The summed E-state index contributed by atoms with van der Waals surface area (Å²) in [7, 11) is 0. The Bertz CT molecular complexity index is 4170. The Kier molecular flexibility index (Phi) is 48.8. The first-order chi connectivity index (χ1) is 61.1. The number of guanidine groups is 1. The highest BCUT2D eigenvalue weighted by atomic mass is 32.1. The molecule has 2 aromatic rings. The minimum Gasteiger partial charge on any atom is -0.508 e. The van der Waals surface area contributed by atoms with Crippen LogP contribution in [0.15, 0.2) is 53.5 Å². The van der Waals surface area contributed by atoms with Crippen molar-refractivity contribution >= 4 is 132 Å². The molecule has 2 aromatic carbocycles. The first kappa shape index (κ1) is 113. The number of aliphatic hydroxyl groups is 4. The van der Waals surface area contributed by atoms with E-state index in [0.717, 1.165) is 11.8 Å². The predicted octanol–water partition coefficient (Wildman–Crippen LogP) is -11.1. The molecular weight excluding hydrogens is 1750 g/mol. The second-order valence-electron chi connectivity index (χ2n) is 32.3. The molecule has 728 valence electrons. The fourth-order valence-corrected chi connectivity index (χ4v) is 13.6. The number of nitrogens with zero attached hydrogens (tertiary/aromatic N) is 2. The average molecular weight is 1880 g/mol. The lowest BCUT2D eigenvalue weighted by atomic mass is 9.95. The van der Waals surface area contributed by atoms with Gasteiger partial charge >= 0.3 is 5.97 Å². The number of hydrogen-bond donors (Lipinski definition) is 31. The number of rotatable bonds is 58. The number of carboxylic acid groups (broad SMARTS) is 1. The number of primary amides is 1. The van der Waals surface area contributed by atoms with E-state index in [1.165, 1.54) is 62.4 Å². The summed E-state index contributed by atoms with van der Waals surface area (Å²) in [4.78, 5) is 242. The van der Waals surface area contributed by atoms with Gasteiger partial charge in [0.15, 0.2) is 5.96 Å². The molecule has 0 saturated carbocycles. The molecule has 0 spiro atoms. The number of phenols is 2. The van der Waals surface area contributed by atoms with Crippen molar-refractivity contribution in [1.29, 1.82) is 0 Å². The van der Waals surface area contributed by atoms with Crippen LogP contribution in [-0.4, -0.2) is 319 Å². The van der Waals surface area contributed by atoms with Crippen LogP contribution in [0.5, 0.6) is 11.5 Å². The van der Waals surface area contributed by atoms with E-state index in [9.17, 15) is 117 Å². The second kappa shape index (κ2) is 56.3. The number of β-amino-alcohol motifs (C(OH)–C–C–N with tert-alkyl or cyclic N) is 1. The minimum atomic E-state index is -2.04. The Balaban J connectivity index is 1.90. The largest absolute Gasteiger partial charge is 0.508 e. The Hall–Kier alpha value is -11.4. The number of likely N-dealkylation sites (tertiary alicyclic amines) is 1. The summed E-state index contributed by atoms with van der Waals surface area (Å²) in [5.41, 5.74) is 46.9. The van der Waals surface area contributed by atoms with Crippen LogP contribution in [0, 0.1) is 11.8 Å². The Morgan fingerprint density at radius 3 is 1.27 bits per heavy atom. The number of amides is 16. The third kappa shape index (κ3) is 37.6. The summed E-state index contributed by atoms with van der Waals surface area (Å²) in [5.74, 6) is -20.9. The van der Waals surface area contributed by atoms with Crippen molar-refractivity contribution in [3.05, 3.63) is 59.7 Å². The van der Waals surface area contributed by atoms with Gasteiger partial charge in [0.25, 0.3) is 0 Å². The van der Waals surface area contributed by atoms with Gasteiger partial charge in [-0.15, -0.1) is 0 Å². The van der Waals surface area contributed by atoms with Gasteiger partial charge in [0.1, 0.15) is 102 Å². The minimum absolute atomic E-state index is 0.0959. The van der Waals surface area contributed by atoms with Crippen LogP contribution >= 0.6 is 25.3 Å². The summed E-state index contributed by atoms with van der Waals surface area (Å²) in [5, 5.41) is 106. The number of aliphatic carboxylic acids is 1. The van der Waals surface area contributed by atoms with E-state index >= 15 is 0 Å². The zero-order chi connectivity index (χ0) is 98.1. The van der Waals surface area contributed by atoms with Gasteiger partial charge in [-0.25, -0.2) is 4.79 Å². The molecule has 1 aliphatic rings. The number of nitrogens with two attached hydrogens (primary N) is 8. The van der Waals surface area contributed by atoms with E-state index in [1.807, 2.05) is 0 Å². The molecule has 1 saturated heterocycles. The number of carbonyl (C=O) groups is 17. The molecule has 48 nitrogen and oxygen atoms in total. The van der Waals surface area contributed by atoms with Gasteiger partial charge in [-0.1, -0.05) is 58.4 Å². The van der Waals surface area contributed by atoms with Crippen LogP contribution in [0.4, 0.5) is 0 Å². The SMILES string of the molecule is CC[C@H](C)[C@H](NC(=O)[C@@H]1C[C@@H](O)CN1C(=O)[C@@H](N)C(C)C)C(=O)N[C@H](C(=O)N[C@@H](Cc1ccc(O)cc1)C(=O)N[C@@H](CO)C(=O)N[C@@H](CC(N)=O)C(=O)N[C@@H](CCCN=C(N)N)C(=O)N[C@@H](CCN)C(=O)N[C@H](C(=O)N[C@H](CCN)C(=O)N[C@@H](CCCCN)C(=O)N[C@@H](CCN)C(=O)N[C@@H](CO)C(=O)N[C@@H](CS)C(=O)N[C@@H](Cc1ccc(O)cc1)C(=O)O)[C@@H](C)O)C(C)(C)S. The first-order valence-electron chi connectivity index (χ1n) is 42.3. The number of benzene rings is 2. The van der Waals surface area contributed by atoms with E-state index < -0.39 is 258 Å². The lowest BCUT2D eigenvalue weighted by molar-refractivity contribution is -0.142. The number of thiol groups is 2. The normalized spacial score (nSPS) is 17.0. The molecule has 16 amide bonds. The topological polar surface area (TPSA) is 824 Å². The standard InChI is InChI=1S/C80H132N24O24S2/c1-8-39(4)60(101-73(122)57-32-45(110)34-104(57)77(126)59(86)38(2)3)74(123)103-62(80(6,7)130)76(125)96-51(30-41-14-18-43(108)19-15-41)68(117)99-54(35-105)70(119)95-52(33-58(85)111)69(118)91-47(13-11-29-89-79(87)88)64(113)93-50(24-28-84)67(116)102-61(40(5)107)75(124)94-49(23-27-83)65(114)90-46(12-9-10-25-81)63(112)92-48(22-26-82)66(115)98-55(36-106)71(120)100-56(37-129)72(121)97-53(78(127)128)31-42-16-20-44(109)21-17-42/h14-21,38-40,45-57,59-62,105-110,129-130H,8-13,22-37,81-84,86H2,1-7H3,(H2,85,111)(H,90,114)(H,91,118)(H,92,112)(H,93,113)(H,94,124)(H,95,119)(H,96,125)(H,97,121)(H,98,115)(H,99,117)(H,100,120)(H,101,122)(H,102,116)(H,103,123)(H,127,128)(H4,87,88,89)/t39-,40+,45+,46-,47-,48-,49+,50-,51-,52-,53-,54-,55-,56-,57-,59-,60-,61-,62+/m0/s1. The molecule has 0 aliphatic carbocycles. The Morgan fingerprint density at radius 2 is 0.862 bits per heavy atom. The summed E-state index contributed by atoms with van der Waals surface area (Å²) in [6.45, 7) is 7.15. The van der Waals surface area contributed by atoms with E-state index in [2.05, 4.69) is 105 Å². The summed E-state index contributed by atoms with van der Waals surface area (Å²) in [6.07, 6.45) is -5.77. The van der Waals surface area contributed by atoms with Gasteiger partial charge in [0.05, 0.1) is 37.9 Å². The molecule has 0 bridgehead atoms. The van der Waals surface area contributed by atoms with Crippen molar-refractivity contribution in [2.75, 3.05) is 58.2 Å². The molecule has 0 radical (unpaired) electrons. The van der Waals surface area contributed by atoms with E-state index in [1.54, 1.807) is 27.7 Å². The molecule has 1 heterocycles. The first-order valence-corrected chi connectivity index (χ1v) is 43.4. The van der Waals surface area contributed by atoms with Crippen molar-refractivity contribution < 1.29 is 117 Å². The summed E-state index contributed by atoms with van der Waals surface area (Å²) >= 11 is 8.72. The maximum absolute atomic E-state index is 14.7. The number of aromatic hydroxyl groups is 2. The smallest absolute Gasteiger partial charge is 0.326 e. The molecule has 3 rings (SSSR count). The lowest BCUT2D eigenvalue weighted by Gasteiger charge is -2.34. The highest BCUT2D eigenvalue weighted by Gasteiger charge is 2.46. The third-order valence-corrected chi connectivity index (χ3v) is 21.5. The van der Waals surface area contributed by atoms with Gasteiger partial charge in [-0.3, -0.25) is 81.7 Å². The van der Waals surface area contributed by atoms with Crippen LogP contribution < -0.4 is 120 Å². The fraction of sp³-hybridized carbons (Fsp3) is 0.625. The average Bonchev–Trinajstić information content (AvgIpc) is 1.57. The number of aliphatic hydroxyl groups excluding tert-OH is 4. The third-order valence-electron chi connectivity index (χ3n) is 20.9. The van der Waals surface area contributed by atoms with Gasteiger partial charge in [0, 0.05) is 42.9 Å². The molecular formula is C80H132N24O24S2. The molecule has 37 N–H and O–H groups in total. The quantitative estimate of drug-likeness (QED) is 0.0127. The molecule has 130 heavy (non-hydrogen) atoms. The number of unbranched alkanes of at least 4 members (excludes halogenated alkanes) is 1. The lowest BCUT2D eigenvalue weighted by Crippen LogP contribution is -2.64. The fourth-order valence-electron chi connectivity index (χ4n) is 13.1. The van der Waals surface area contributed by atoms with Crippen LogP contribution in [-0.2, 0) is 94.3 Å². The molecule has 1 aliphatic heterocycles. The highest BCUT2D eigenvalue weighted by Crippen LogP contribution is 2.24. The van der Waals surface area contributed by atoms with Crippen LogP contribution in [0.1, 0.15) is 130 Å². The van der Waals surface area contributed by atoms with Crippen molar-refractivity contribution in [3.63, 3.8) is 0 Å². The van der Waals surface area contributed by atoms with Crippen molar-refractivity contribution in [2.24, 2.45) is 62.7 Å². The number of carboxylic acids is 1. The number of nitrogens with one attached hydrogen (secondary N) is 14. The van der Waals surface area contributed by atoms with Crippen molar-refractivity contribution in [2.45, 2.75) is 246 Å². The molecule has 1 fully saturated rings. The Labute approximate surface area is 762 Å². The summed E-state index contributed by atoms with van der Waals surface area (Å²) in [6, 6.07) is -15.5. The molecule has 0 unspecified atom stereocenters.